The fourth-order valence-electron chi connectivity index (χ4n) is 4.05. The van der Waals surface area contributed by atoms with Crippen molar-refractivity contribution < 1.29 is 23.0 Å². The van der Waals surface area contributed by atoms with Crippen LogP contribution in [0.4, 0.5) is 14.6 Å². The number of rotatable bonds is 8. The number of ether oxygens (including phenoxy) is 2. The zero-order valence-corrected chi connectivity index (χ0v) is 17.4. The molecule has 1 atom stereocenters. The van der Waals surface area contributed by atoms with Gasteiger partial charge in [0.25, 0.3) is 0 Å². The van der Waals surface area contributed by atoms with Gasteiger partial charge in [0.1, 0.15) is 5.82 Å². The van der Waals surface area contributed by atoms with Gasteiger partial charge >= 0.3 is 6.61 Å². The molecule has 1 saturated heterocycles. The Kier molecular flexibility index (Phi) is 6.48. The topological polar surface area (TPSA) is 67.8 Å². The third-order valence-corrected chi connectivity index (χ3v) is 5.71. The number of alkyl halides is 2. The second-order valence-electron chi connectivity index (χ2n) is 7.91. The Hall–Kier alpha value is -2.97. The summed E-state index contributed by atoms with van der Waals surface area (Å²) in [7, 11) is 1.41. The summed E-state index contributed by atoms with van der Waals surface area (Å²) in [6.07, 6.45) is 8.73. The van der Waals surface area contributed by atoms with Crippen molar-refractivity contribution in [2.45, 2.75) is 44.9 Å². The lowest BCUT2D eigenvalue weighted by Crippen LogP contribution is -2.45. The maximum Gasteiger partial charge on any atom is 0.387 e. The number of aromatic nitrogens is 2. The number of anilines is 1. The first-order chi connectivity index (χ1) is 15.0. The average molecular weight is 432 g/mol. The maximum atomic E-state index is 13.4. The molecule has 2 fully saturated rings. The molecule has 0 radical (unpaired) electrons. The standard InChI is InChI=1S/C22H26F2N4O3/c1-30-19-11-15(4-7-18(19)31-22(23)24)13-28(17-5-6-17)21(29)16-3-2-10-27(14-16)20-12-25-8-9-26-20/h4,7-9,11-12,16-17,22H,2-3,5-6,10,13-14H2,1H3/t16-/m0/s1. The monoisotopic (exact) mass is 432 g/mol. The predicted molar refractivity (Wildman–Crippen MR) is 110 cm³/mol. The molecule has 1 aromatic carbocycles. The van der Waals surface area contributed by atoms with Gasteiger partial charge in [0.05, 0.1) is 19.2 Å². The van der Waals surface area contributed by atoms with Crippen molar-refractivity contribution in [2.24, 2.45) is 5.92 Å². The molecule has 1 aliphatic carbocycles. The van der Waals surface area contributed by atoms with Crippen LogP contribution in [-0.2, 0) is 11.3 Å². The van der Waals surface area contributed by atoms with Crippen LogP contribution >= 0.6 is 0 Å². The smallest absolute Gasteiger partial charge is 0.387 e. The number of hydrogen-bond donors (Lipinski definition) is 0. The van der Waals surface area contributed by atoms with Crippen molar-refractivity contribution in [3.63, 3.8) is 0 Å². The molecule has 2 aromatic rings. The molecule has 9 heteroatoms. The summed E-state index contributed by atoms with van der Waals surface area (Å²) in [4.78, 5) is 26.0. The van der Waals surface area contributed by atoms with Crippen LogP contribution in [-0.4, -0.2) is 53.6 Å². The second kappa shape index (κ2) is 9.45. The molecule has 7 nitrogen and oxygen atoms in total. The third-order valence-electron chi connectivity index (χ3n) is 5.71. The lowest BCUT2D eigenvalue weighted by molar-refractivity contribution is -0.137. The summed E-state index contributed by atoms with van der Waals surface area (Å²) < 4.78 is 34.9. The van der Waals surface area contributed by atoms with Gasteiger partial charge in [-0.3, -0.25) is 9.78 Å². The maximum absolute atomic E-state index is 13.4. The molecule has 1 aromatic heterocycles. The highest BCUT2D eigenvalue weighted by Gasteiger charge is 2.37. The molecule has 2 aliphatic rings. The van der Waals surface area contributed by atoms with Gasteiger partial charge in [-0.1, -0.05) is 6.07 Å². The number of benzene rings is 1. The Morgan fingerprint density at radius 3 is 2.77 bits per heavy atom. The van der Waals surface area contributed by atoms with Gasteiger partial charge in [0.15, 0.2) is 11.5 Å². The normalized spacial score (nSPS) is 18.7. The molecule has 2 heterocycles. The molecule has 0 N–H and O–H groups in total. The molecular weight excluding hydrogens is 406 g/mol. The molecule has 1 saturated carbocycles. The summed E-state index contributed by atoms with van der Waals surface area (Å²) in [5.41, 5.74) is 0.820. The van der Waals surface area contributed by atoms with E-state index in [0.29, 0.717) is 13.1 Å². The quantitative estimate of drug-likeness (QED) is 0.636. The summed E-state index contributed by atoms with van der Waals surface area (Å²) in [6.45, 7) is -1.04. The van der Waals surface area contributed by atoms with E-state index in [0.717, 1.165) is 43.6 Å². The summed E-state index contributed by atoms with van der Waals surface area (Å²) in [5, 5.41) is 0. The largest absolute Gasteiger partial charge is 0.493 e. The van der Waals surface area contributed by atoms with E-state index in [1.807, 2.05) is 4.90 Å². The predicted octanol–water partition coefficient (Wildman–Crippen LogP) is 3.49. The van der Waals surface area contributed by atoms with Gasteiger partial charge in [0.2, 0.25) is 5.91 Å². The van der Waals surface area contributed by atoms with Crippen molar-refractivity contribution >= 4 is 11.7 Å². The minimum absolute atomic E-state index is 0.0163. The number of carbonyl (C=O) groups is 1. The Bertz CT molecular complexity index is 896. The minimum Gasteiger partial charge on any atom is -0.493 e. The number of hydrogen-bond acceptors (Lipinski definition) is 6. The lowest BCUT2D eigenvalue weighted by Gasteiger charge is -2.35. The van der Waals surface area contributed by atoms with Crippen LogP contribution in [0.2, 0.25) is 0 Å². The molecular formula is C22H26F2N4O3. The van der Waals surface area contributed by atoms with Crippen LogP contribution in [0.1, 0.15) is 31.2 Å². The highest BCUT2D eigenvalue weighted by molar-refractivity contribution is 5.80. The Morgan fingerprint density at radius 2 is 2.10 bits per heavy atom. The van der Waals surface area contributed by atoms with Crippen LogP contribution < -0.4 is 14.4 Å². The van der Waals surface area contributed by atoms with E-state index in [1.54, 1.807) is 30.7 Å². The SMILES string of the molecule is COc1cc(CN(C(=O)[C@H]2CCCN(c3cnccn3)C2)C2CC2)ccc1OC(F)F. The Morgan fingerprint density at radius 1 is 1.26 bits per heavy atom. The van der Waals surface area contributed by atoms with Crippen molar-refractivity contribution in [1.82, 2.24) is 14.9 Å². The molecule has 0 spiro atoms. The van der Waals surface area contributed by atoms with E-state index in [2.05, 4.69) is 19.6 Å². The van der Waals surface area contributed by atoms with Gasteiger partial charge in [-0.2, -0.15) is 8.78 Å². The van der Waals surface area contributed by atoms with Gasteiger partial charge in [-0.05, 0) is 43.4 Å². The molecule has 1 amide bonds. The van der Waals surface area contributed by atoms with E-state index in [9.17, 15) is 13.6 Å². The van der Waals surface area contributed by atoms with E-state index in [4.69, 9.17) is 4.74 Å². The number of piperidine rings is 1. The van der Waals surface area contributed by atoms with Gasteiger partial charge < -0.3 is 19.3 Å². The molecule has 0 unspecified atom stereocenters. The minimum atomic E-state index is -2.92. The first kappa shape index (κ1) is 21.3. The third kappa shape index (κ3) is 5.21. The number of methoxy groups -OCH3 is 1. The molecule has 166 valence electrons. The zero-order chi connectivity index (χ0) is 21.8. The second-order valence-corrected chi connectivity index (χ2v) is 7.91. The molecule has 1 aliphatic heterocycles. The number of amides is 1. The van der Waals surface area contributed by atoms with Crippen molar-refractivity contribution in [1.29, 1.82) is 0 Å². The fourth-order valence-corrected chi connectivity index (χ4v) is 4.05. The van der Waals surface area contributed by atoms with Crippen LogP contribution in [0, 0.1) is 5.92 Å². The highest BCUT2D eigenvalue weighted by atomic mass is 19.3. The summed E-state index contributed by atoms with van der Waals surface area (Å²) >= 11 is 0. The van der Waals surface area contributed by atoms with Crippen LogP contribution in [0.3, 0.4) is 0 Å². The van der Waals surface area contributed by atoms with E-state index in [-0.39, 0.29) is 29.4 Å². The van der Waals surface area contributed by atoms with Gasteiger partial charge in [-0.25, -0.2) is 4.98 Å². The number of carbonyl (C=O) groups excluding carboxylic acids is 1. The summed E-state index contributed by atoms with van der Waals surface area (Å²) in [5.74, 6) is 1.02. The lowest BCUT2D eigenvalue weighted by atomic mass is 9.96. The van der Waals surface area contributed by atoms with E-state index in [1.165, 1.54) is 13.2 Å². The fraction of sp³-hybridized carbons (Fsp3) is 0.500. The van der Waals surface area contributed by atoms with Gasteiger partial charge in [0, 0.05) is 38.1 Å². The first-order valence-corrected chi connectivity index (χ1v) is 10.5. The van der Waals surface area contributed by atoms with Crippen molar-refractivity contribution in [2.75, 3.05) is 25.1 Å². The van der Waals surface area contributed by atoms with Crippen LogP contribution in [0.5, 0.6) is 11.5 Å². The molecule has 0 bridgehead atoms. The first-order valence-electron chi connectivity index (χ1n) is 10.5. The average Bonchev–Trinajstić information content (AvgIpc) is 3.63. The van der Waals surface area contributed by atoms with E-state index < -0.39 is 6.61 Å². The number of nitrogens with zero attached hydrogens (tertiary/aromatic N) is 4. The number of halogens is 2. The van der Waals surface area contributed by atoms with Gasteiger partial charge in [-0.15, -0.1) is 0 Å². The Labute approximate surface area is 180 Å². The zero-order valence-electron chi connectivity index (χ0n) is 17.4. The van der Waals surface area contributed by atoms with Crippen LogP contribution in [0.25, 0.3) is 0 Å². The van der Waals surface area contributed by atoms with Crippen molar-refractivity contribution in [3.05, 3.63) is 42.4 Å². The van der Waals surface area contributed by atoms with E-state index >= 15 is 0 Å². The molecule has 31 heavy (non-hydrogen) atoms. The molecule has 4 rings (SSSR count). The Balaban J connectivity index is 1.47. The van der Waals surface area contributed by atoms with Crippen LogP contribution in [0.15, 0.2) is 36.8 Å². The summed E-state index contributed by atoms with van der Waals surface area (Å²) in [6, 6.07) is 5.05. The highest BCUT2D eigenvalue weighted by Crippen LogP contribution is 2.34. The van der Waals surface area contributed by atoms with Crippen molar-refractivity contribution in [3.8, 4) is 11.5 Å².